The third-order valence-corrected chi connectivity index (χ3v) is 10.7. The molecule has 5 rings (SSSR count). The Labute approximate surface area is 291 Å². The van der Waals surface area contributed by atoms with E-state index in [0.29, 0.717) is 10.6 Å². The lowest BCUT2D eigenvalue weighted by Crippen LogP contribution is -2.54. The van der Waals surface area contributed by atoms with Crippen LogP contribution < -0.4 is 9.62 Å². The van der Waals surface area contributed by atoms with Crippen LogP contribution in [0.3, 0.4) is 0 Å². The van der Waals surface area contributed by atoms with E-state index < -0.39 is 28.5 Å². The molecule has 0 saturated heterocycles. The summed E-state index contributed by atoms with van der Waals surface area (Å²) in [4.78, 5) is 30.2. The van der Waals surface area contributed by atoms with Gasteiger partial charge in [0.05, 0.1) is 10.6 Å². The van der Waals surface area contributed by atoms with Crippen LogP contribution in [-0.2, 0) is 32.6 Å². The lowest BCUT2D eigenvalue weighted by Gasteiger charge is -2.34. The maximum Gasteiger partial charge on any atom is 0.264 e. The molecule has 11 heteroatoms. The van der Waals surface area contributed by atoms with E-state index in [1.165, 1.54) is 35.2 Å². The van der Waals surface area contributed by atoms with Gasteiger partial charge >= 0.3 is 0 Å². The summed E-state index contributed by atoms with van der Waals surface area (Å²) >= 11 is 19.0. The number of hydrogen-bond acceptors (Lipinski definition) is 4. The zero-order valence-electron chi connectivity index (χ0n) is 25.9. The summed E-state index contributed by atoms with van der Waals surface area (Å²) in [5.41, 5.74) is 2.54. The van der Waals surface area contributed by atoms with Gasteiger partial charge in [0.1, 0.15) is 12.6 Å². The molecule has 2 amide bonds. The molecule has 0 radical (unpaired) electrons. The largest absolute Gasteiger partial charge is 0.352 e. The zero-order chi connectivity index (χ0) is 33.6. The normalized spacial score (nSPS) is 14.0. The van der Waals surface area contributed by atoms with Gasteiger partial charge in [-0.1, -0.05) is 108 Å². The molecular formula is C36H36Cl3N3O4S. The van der Waals surface area contributed by atoms with Crippen molar-refractivity contribution >= 4 is 62.3 Å². The summed E-state index contributed by atoms with van der Waals surface area (Å²) in [5, 5.41) is 4.05. The number of nitrogens with zero attached hydrogens (tertiary/aromatic N) is 2. The van der Waals surface area contributed by atoms with Gasteiger partial charge in [-0.05, 0) is 73.4 Å². The van der Waals surface area contributed by atoms with Gasteiger partial charge in [-0.3, -0.25) is 13.9 Å². The quantitative estimate of drug-likeness (QED) is 0.162. The molecule has 0 aliphatic heterocycles. The first-order valence-corrected chi connectivity index (χ1v) is 18.0. The number of rotatable bonds is 12. The number of amides is 2. The van der Waals surface area contributed by atoms with Crippen molar-refractivity contribution in [3.05, 3.63) is 129 Å². The molecule has 1 fully saturated rings. The Morgan fingerprint density at radius 2 is 1.45 bits per heavy atom. The van der Waals surface area contributed by atoms with Crippen molar-refractivity contribution in [3.63, 3.8) is 0 Å². The van der Waals surface area contributed by atoms with Gasteiger partial charge in [0.15, 0.2) is 0 Å². The summed E-state index contributed by atoms with van der Waals surface area (Å²) in [5.74, 6) is -0.880. The number of aryl methyl sites for hydroxylation is 1. The molecule has 1 atom stereocenters. The maximum atomic E-state index is 14.6. The van der Waals surface area contributed by atoms with Crippen molar-refractivity contribution in [1.82, 2.24) is 10.2 Å². The fourth-order valence-corrected chi connectivity index (χ4v) is 7.93. The smallest absolute Gasteiger partial charge is 0.264 e. The molecule has 0 bridgehead atoms. The van der Waals surface area contributed by atoms with E-state index in [2.05, 4.69) is 5.32 Å². The average Bonchev–Trinajstić information content (AvgIpc) is 3.54. The highest BCUT2D eigenvalue weighted by molar-refractivity contribution is 7.92. The third kappa shape index (κ3) is 9.08. The number of carbonyl (C=O) groups is 2. The van der Waals surface area contributed by atoms with Gasteiger partial charge in [-0.15, -0.1) is 0 Å². The van der Waals surface area contributed by atoms with Gasteiger partial charge in [0.25, 0.3) is 10.0 Å². The van der Waals surface area contributed by atoms with Gasteiger partial charge in [-0.2, -0.15) is 0 Å². The van der Waals surface area contributed by atoms with Crippen LogP contribution in [0.25, 0.3) is 0 Å². The van der Waals surface area contributed by atoms with Crippen molar-refractivity contribution in [3.8, 4) is 0 Å². The number of hydrogen-bond donors (Lipinski definition) is 1. The summed E-state index contributed by atoms with van der Waals surface area (Å²) < 4.78 is 29.4. The van der Waals surface area contributed by atoms with Crippen LogP contribution in [0.4, 0.5) is 5.69 Å². The fraction of sp³-hybridized carbons (Fsp3) is 0.278. The predicted octanol–water partition coefficient (Wildman–Crippen LogP) is 7.85. The van der Waals surface area contributed by atoms with Crippen molar-refractivity contribution < 1.29 is 18.0 Å². The Kier molecular flexibility index (Phi) is 11.5. The van der Waals surface area contributed by atoms with Crippen molar-refractivity contribution in [1.29, 1.82) is 0 Å². The van der Waals surface area contributed by atoms with Gasteiger partial charge in [0.2, 0.25) is 11.8 Å². The highest BCUT2D eigenvalue weighted by Crippen LogP contribution is 2.31. The van der Waals surface area contributed by atoms with Gasteiger partial charge in [0, 0.05) is 34.1 Å². The first kappa shape index (κ1) is 34.8. The Balaban J connectivity index is 1.58. The summed E-state index contributed by atoms with van der Waals surface area (Å²) in [6.45, 7) is 1.25. The van der Waals surface area contributed by atoms with Gasteiger partial charge < -0.3 is 10.2 Å². The van der Waals surface area contributed by atoms with E-state index in [9.17, 15) is 18.0 Å². The standard InChI is InChI=1S/C36H36Cl3N3O4S/c1-25-14-16-33(17-15-25)47(45,46)42(32-21-29(38)20-30(39)22-32)24-35(43)41(23-27-10-7-11-28(37)18-27)34(19-26-8-3-2-4-9-26)36(44)40-31-12-5-6-13-31/h2-4,7-11,14-18,20-22,31,34H,5-6,12-13,19,23-24H2,1H3,(H,40,44). The fourth-order valence-electron chi connectivity index (χ4n) is 5.80. The maximum absolute atomic E-state index is 14.6. The van der Waals surface area contributed by atoms with E-state index in [-0.39, 0.29) is 45.5 Å². The van der Waals surface area contributed by atoms with Crippen LogP contribution in [0.2, 0.25) is 15.1 Å². The molecule has 4 aromatic rings. The lowest BCUT2D eigenvalue weighted by molar-refractivity contribution is -0.140. The Morgan fingerprint density at radius 1 is 0.809 bits per heavy atom. The number of sulfonamides is 1. The minimum absolute atomic E-state index is 0.00630. The van der Waals surface area contributed by atoms with E-state index in [0.717, 1.165) is 41.1 Å². The molecule has 4 aromatic carbocycles. The number of carbonyl (C=O) groups excluding carboxylic acids is 2. The molecule has 7 nitrogen and oxygen atoms in total. The van der Waals surface area contributed by atoms with Crippen LogP contribution >= 0.6 is 34.8 Å². The second-order valence-corrected chi connectivity index (χ2v) is 15.0. The minimum atomic E-state index is -4.29. The van der Waals surface area contributed by atoms with Crippen molar-refractivity contribution in [2.24, 2.45) is 0 Å². The first-order chi connectivity index (χ1) is 22.5. The van der Waals surface area contributed by atoms with Crippen LogP contribution in [0, 0.1) is 6.92 Å². The highest BCUT2D eigenvalue weighted by atomic mass is 35.5. The predicted molar refractivity (Wildman–Crippen MR) is 189 cm³/mol. The first-order valence-electron chi connectivity index (χ1n) is 15.4. The number of nitrogens with one attached hydrogen (secondary N) is 1. The molecule has 1 unspecified atom stereocenters. The Bertz CT molecular complexity index is 1790. The number of anilines is 1. The van der Waals surface area contributed by atoms with Crippen LogP contribution in [0.1, 0.15) is 42.4 Å². The molecule has 1 N–H and O–H groups in total. The molecule has 0 heterocycles. The Morgan fingerprint density at radius 3 is 2.09 bits per heavy atom. The molecular weight excluding hydrogens is 677 g/mol. The van der Waals surface area contributed by atoms with Crippen LogP contribution in [0.5, 0.6) is 0 Å². The van der Waals surface area contributed by atoms with E-state index >= 15 is 0 Å². The van der Waals surface area contributed by atoms with Crippen LogP contribution in [-0.4, -0.2) is 43.8 Å². The third-order valence-electron chi connectivity index (χ3n) is 8.24. The monoisotopic (exact) mass is 711 g/mol. The van der Waals surface area contributed by atoms with E-state index in [1.54, 1.807) is 30.3 Å². The average molecular weight is 713 g/mol. The van der Waals surface area contributed by atoms with Crippen LogP contribution in [0.15, 0.2) is 102 Å². The molecule has 0 aromatic heterocycles. The van der Waals surface area contributed by atoms with E-state index in [1.807, 2.05) is 43.3 Å². The van der Waals surface area contributed by atoms with Crippen molar-refractivity contribution in [2.45, 2.75) is 62.6 Å². The minimum Gasteiger partial charge on any atom is -0.352 e. The molecule has 1 aliphatic carbocycles. The summed E-state index contributed by atoms with van der Waals surface area (Å²) in [6.07, 6.45) is 3.99. The summed E-state index contributed by atoms with van der Waals surface area (Å²) in [7, 11) is -4.29. The molecule has 0 spiro atoms. The zero-order valence-corrected chi connectivity index (χ0v) is 29.0. The van der Waals surface area contributed by atoms with Gasteiger partial charge in [-0.25, -0.2) is 8.42 Å². The SMILES string of the molecule is Cc1ccc(S(=O)(=O)N(CC(=O)N(Cc2cccc(Cl)c2)C(Cc2ccccc2)C(=O)NC2CCCC2)c2cc(Cl)cc(Cl)c2)cc1. The molecule has 47 heavy (non-hydrogen) atoms. The molecule has 1 saturated carbocycles. The van der Waals surface area contributed by atoms with E-state index in [4.69, 9.17) is 34.8 Å². The molecule has 1 aliphatic rings. The number of benzene rings is 4. The van der Waals surface area contributed by atoms with Crippen molar-refractivity contribution in [2.75, 3.05) is 10.8 Å². The Hall–Kier alpha value is -3.56. The lowest BCUT2D eigenvalue weighted by atomic mass is 10.0. The summed E-state index contributed by atoms with van der Waals surface area (Å²) in [6, 6.07) is 26.3. The highest BCUT2D eigenvalue weighted by Gasteiger charge is 2.35. The topological polar surface area (TPSA) is 86.8 Å². The number of halogens is 3. The molecule has 246 valence electrons. The second-order valence-electron chi connectivity index (χ2n) is 11.8. The second kappa shape index (κ2) is 15.6.